The number of aryl methyl sites for hydroxylation is 4. The molecule has 5 aromatic carbocycles. The van der Waals surface area contributed by atoms with Crippen LogP contribution in [0.1, 0.15) is 96.2 Å². The number of quaternary nitrogens is 2. The third kappa shape index (κ3) is 14.6. The van der Waals surface area contributed by atoms with Gasteiger partial charge in [-0.3, -0.25) is 9.59 Å². The fourth-order valence-electron chi connectivity index (χ4n) is 9.82. The number of likely N-dealkylation sites (tertiary alicyclic amines) is 2. The van der Waals surface area contributed by atoms with Gasteiger partial charge in [-0.2, -0.15) is 0 Å². The zero-order valence-electron chi connectivity index (χ0n) is 37.5. The molecule has 0 spiro atoms. The van der Waals surface area contributed by atoms with Gasteiger partial charge in [-0.05, 0) is 107 Å². The molecule has 61 heavy (non-hydrogen) atoms. The van der Waals surface area contributed by atoms with Crippen LogP contribution in [-0.2, 0) is 81.6 Å². The first-order valence-corrected chi connectivity index (χ1v) is 22.1. The standard InChI is InChI=1S/C29H34N2O.C24H32N2O.2Y/c1-23-12-11-13-24(2)29(23)30-28(32)22-31(20-25-14-5-3-6-15-25)19-10-9-18-27(21-31)26-16-7-4-8-17-26;1-4-26(18-23(27)25-24-19(2)11-10-12-20(24)3)16-9-8-15-22(17-26)21-13-6-5-7-14-21;;/h3-8,11-17,27H,9-10,18-22H2,1-2H3;5-7,10-14,22H,4,8-9,15-18H2,1-3H3;;/p+2. The largest absolute Gasteiger partial charge is 0.321 e. The maximum Gasteiger partial charge on any atom is 0.279 e. The van der Waals surface area contributed by atoms with Gasteiger partial charge in [-0.1, -0.05) is 127 Å². The molecule has 5 aromatic rings. The predicted molar refractivity (Wildman–Crippen MR) is 246 cm³/mol. The molecule has 4 unspecified atom stereocenters. The van der Waals surface area contributed by atoms with Crippen molar-refractivity contribution in [2.45, 2.75) is 91.5 Å². The van der Waals surface area contributed by atoms with Crippen molar-refractivity contribution in [2.75, 3.05) is 56.4 Å². The molecule has 8 heteroatoms. The fraction of sp³-hybridized carbons (Fsp3) is 0.396. The molecule has 0 saturated carbocycles. The van der Waals surface area contributed by atoms with E-state index in [2.05, 4.69) is 161 Å². The second-order valence-corrected chi connectivity index (χ2v) is 17.6. The Morgan fingerprint density at radius 1 is 0.508 bits per heavy atom. The summed E-state index contributed by atoms with van der Waals surface area (Å²) in [5.74, 6) is 1.28. The van der Waals surface area contributed by atoms with E-state index in [1.165, 1.54) is 48.8 Å². The SMILES string of the molecule is CC[N+]1(CC(=O)Nc2c(C)cccc2C)CCCCC(c2ccccc2)C1.Cc1cccc(C)c1NC(=O)C[N+]1(Cc2ccccc2)CCCCC(c2ccccc2)C1.[Y].[Y]. The number of anilines is 2. The van der Waals surface area contributed by atoms with Crippen molar-refractivity contribution in [1.29, 1.82) is 0 Å². The van der Waals surface area contributed by atoms with Gasteiger partial charge < -0.3 is 19.6 Å². The third-order valence-corrected chi connectivity index (χ3v) is 13.1. The van der Waals surface area contributed by atoms with Gasteiger partial charge in [0.2, 0.25) is 0 Å². The zero-order valence-corrected chi connectivity index (χ0v) is 43.2. The van der Waals surface area contributed by atoms with E-state index < -0.39 is 0 Å². The number of carbonyl (C=O) groups excluding carboxylic acids is 2. The van der Waals surface area contributed by atoms with Gasteiger partial charge in [0.25, 0.3) is 11.8 Å². The Kier molecular flexibility index (Phi) is 20.7. The van der Waals surface area contributed by atoms with Crippen molar-refractivity contribution in [3.8, 4) is 0 Å². The molecule has 2 radical (unpaired) electrons. The number of nitrogens with zero attached hydrogens (tertiary/aromatic N) is 2. The zero-order chi connectivity index (χ0) is 41.7. The van der Waals surface area contributed by atoms with Gasteiger partial charge in [0.1, 0.15) is 6.54 Å². The van der Waals surface area contributed by atoms with Crippen LogP contribution in [0.4, 0.5) is 11.4 Å². The monoisotopic (exact) mass is 970 g/mol. The van der Waals surface area contributed by atoms with Crippen molar-refractivity contribution in [2.24, 2.45) is 0 Å². The number of amides is 2. The van der Waals surface area contributed by atoms with E-state index in [4.69, 9.17) is 0 Å². The van der Waals surface area contributed by atoms with Gasteiger partial charge in [0.15, 0.2) is 13.1 Å². The summed E-state index contributed by atoms with van der Waals surface area (Å²) in [6.07, 6.45) is 7.24. The van der Waals surface area contributed by atoms with Crippen molar-refractivity contribution in [1.82, 2.24) is 0 Å². The maximum atomic E-state index is 13.4. The van der Waals surface area contributed by atoms with E-state index in [1.807, 2.05) is 12.1 Å². The second kappa shape index (κ2) is 24.9. The Bertz CT molecular complexity index is 2080. The Balaban J connectivity index is 0.000000264. The normalized spacial score (nSPS) is 21.1. The van der Waals surface area contributed by atoms with E-state index in [1.54, 1.807) is 0 Å². The number of para-hydroxylation sites is 2. The summed E-state index contributed by atoms with van der Waals surface area (Å²) in [4.78, 5) is 26.4. The molecular formula is C53H68N4O2Y2+2. The molecule has 0 aliphatic carbocycles. The third-order valence-electron chi connectivity index (χ3n) is 13.1. The molecule has 2 aliphatic heterocycles. The van der Waals surface area contributed by atoms with Crippen LogP contribution in [0.15, 0.2) is 127 Å². The van der Waals surface area contributed by atoms with E-state index in [9.17, 15) is 9.59 Å². The molecule has 7 rings (SSSR count). The van der Waals surface area contributed by atoms with Gasteiger partial charge in [0, 0.05) is 94.2 Å². The Morgan fingerprint density at radius 3 is 1.31 bits per heavy atom. The van der Waals surface area contributed by atoms with Gasteiger partial charge in [0.05, 0.1) is 32.7 Å². The van der Waals surface area contributed by atoms with E-state index >= 15 is 0 Å². The molecular weight excluding hydrogens is 902 g/mol. The summed E-state index contributed by atoms with van der Waals surface area (Å²) in [6, 6.07) is 44.7. The molecule has 2 N–H and O–H groups in total. The maximum absolute atomic E-state index is 13.4. The smallest absolute Gasteiger partial charge is 0.279 e. The van der Waals surface area contributed by atoms with Crippen LogP contribution in [0.2, 0.25) is 0 Å². The molecule has 2 amide bonds. The summed E-state index contributed by atoms with van der Waals surface area (Å²) in [5, 5.41) is 6.46. The minimum Gasteiger partial charge on any atom is -0.321 e. The molecule has 0 bridgehead atoms. The van der Waals surface area contributed by atoms with Crippen LogP contribution < -0.4 is 10.6 Å². The topological polar surface area (TPSA) is 58.2 Å². The average Bonchev–Trinajstić information content (AvgIpc) is 3.59. The average molecular weight is 971 g/mol. The number of hydrogen-bond acceptors (Lipinski definition) is 2. The van der Waals surface area contributed by atoms with Gasteiger partial charge in [-0.15, -0.1) is 0 Å². The summed E-state index contributed by atoms with van der Waals surface area (Å²) in [6.45, 7) is 17.6. The van der Waals surface area contributed by atoms with E-state index in [0.717, 1.165) is 88.3 Å². The first-order valence-electron chi connectivity index (χ1n) is 22.1. The number of hydrogen-bond donors (Lipinski definition) is 2. The summed E-state index contributed by atoms with van der Waals surface area (Å²) in [7, 11) is 0. The van der Waals surface area contributed by atoms with Crippen LogP contribution in [0.5, 0.6) is 0 Å². The molecule has 2 fully saturated rings. The van der Waals surface area contributed by atoms with Crippen molar-refractivity contribution < 1.29 is 84.0 Å². The van der Waals surface area contributed by atoms with Crippen LogP contribution in [0.25, 0.3) is 0 Å². The second-order valence-electron chi connectivity index (χ2n) is 17.6. The van der Waals surface area contributed by atoms with Crippen LogP contribution in [-0.4, -0.2) is 66.6 Å². The molecule has 2 heterocycles. The molecule has 2 saturated heterocycles. The van der Waals surface area contributed by atoms with Gasteiger partial charge >= 0.3 is 0 Å². The molecule has 2 aliphatic rings. The minimum absolute atomic E-state index is 0. The van der Waals surface area contributed by atoms with E-state index in [0.29, 0.717) is 24.9 Å². The van der Waals surface area contributed by atoms with Crippen molar-refractivity contribution in [3.05, 3.63) is 166 Å². The van der Waals surface area contributed by atoms with Crippen LogP contribution in [0.3, 0.4) is 0 Å². The predicted octanol–water partition coefficient (Wildman–Crippen LogP) is 11.3. The number of likely N-dealkylation sites (N-methyl/N-ethyl adjacent to an activating group) is 1. The summed E-state index contributed by atoms with van der Waals surface area (Å²) < 4.78 is 1.69. The fourth-order valence-corrected chi connectivity index (χ4v) is 9.82. The van der Waals surface area contributed by atoms with Crippen LogP contribution >= 0.6 is 0 Å². The number of rotatable bonds is 11. The summed E-state index contributed by atoms with van der Waals surface area (Å²) in [5.41, 5.74) is 10.6. The van der Waals surface area contributed by atoms with Crippen molar-refractivity contribution >= 4 is 23.2 Å². The number of benzene rings is 5. The van der Waals surface area contributed by atoms with Crippen LogP contribution in [0, 0.1) is 27.7 Å². The molecule has 0 aromatic heterocycles. The molecule has 6 nitrogen and oxygen atoms in total. The minimum atomic E-state index is 0. The quantitative estimate of drug-likeness (QED) is 0.130. The molecule has 4 atom stereocenters. The Labute approximate surface area is 417 Å². The Morgan fingerprint density at radius 2 is 0.885 bits per heavy atom. The number of carbonyl (C=O) groups is 2. The van der Waals surface area contributed by atoms with Gasteiger partial charge in [-0.25, -0.2) is 0 Å². The van der Waals surface area contributed by atoms with Crippen molar-refractivity contribution in [3.63, 3.8) is 0 Å². The van der Waals surface area contributed by atoms with E-state index in [-0.39, 0.29) is 77.2 Å². The summed E-state index contributed by atoms with van der Waals surface area (Å²) >= 11 is 0. The first kappa shape index (κ1) is 50.8. The Hall–Kier alpha value is -2.83. The first-order chi connectivity index (χ1) is 28.6. The molecule has 316 valence electrons. The number of nitrogens with one attached hydrogen (secondary N) is 2.